The average molecular weight is 444 g/mol. The molecule has 1 heterocycles. The minimum absolute atomic E-state index is 0.530. The molecule has 3 aromatic rings. The van der Waals surface area contributed by atoms with E-state index in [1.54, 1.807) is 35.7 Å². The number of nitriles is 1. The summed E-state index contributed by atoms with van der Waals surface area (Å²) in [6, 6.07) is 19.5. The second kappa shape index (κ2) is 14.7. The van der Waals surface area contributed by atoms with Crippen molar-refractivity contribution >= 4 is 5.69 Å². The lowest BCUT2D eigenvalue weighted by atomic mass is 10.2. The minimum Gasteiger partial charge on any atom is -0.500 e. The van der Waals surface area contributed by atoms with Crippen LogP contribution in [-0.4, -0.2) is 28.0 Å². The van der Waals surface area contributed by atoms with E-state index in [0.717, 1.165) is 11.3 Å². The lowest BCUT2D eigenvalue weighted by Gasteiger charge is -2.24. The summed E-state index contributed by atoms with van der Waals surface area (Å²) in [5.74, 6) is 0.700. The highest BCUT2D eigenvalue weighted by molar-refractivity contribution is 5.49. The molecule has 0 spiro atoms. The molecule has 0 aliphatic heterocycles. The van der Waals surface area contributed by atoms with Gasteiger partial charge in [0.05, 0.1) is 30.1 Å². The Morgan fingerprint density at radius 2 is 1.76 bits per heavy atom. The zero-order chi connectivity index (χ0) is 23.7. The van der Waals surface area contributed by atoms with E-state index in [9.17, 15) is 0 Å². The first-order valence-corrected chi connectivity index (χ1v) is 10.5. The lowest BCUT2D eigenvalue weighted by molar-refractivity contribution is 0.212. The van der Waals surface area contributed by atoms with Crippen molar-refractivity contribution in [3.8, 4) is 6.07 Å². The van der Waals surface area contributed by atoms with E-state index < -0.39 is 0 Å². The number of ether oxygens (including phenoxy) is 2. The Hall–Kier alpha value is -4.31. The SMILES string of the molecule is C/C=C/OCCN(c1ccc(C#N)cc1)n1cnnc1.C=C(/C=C\C)OCc1ccccc1. The molecule has 0 bridgehead atoms. The van der Waals surface area contributed by atoms with Gasteiger partial charge in [0, 0.05) is 0 Å². The van der Waals surface area contributed by atoms with Gasteiger partial charge >= 0.3 is 0 Å². The van der Waals surface area contributed by atoms with Crippen LogP contribution >= 0.6 is 0 Å². The van der Waals surface area contributed by atoms with Gasteiger partial charge in [-0.2, -0.15) is 5.26 Å². The second-order valence-electron chi connectivity index (χ2n) is 6.70. The number of hydrogen-bond acceptors (Lipinski definition) is 6. The number of benzene rings is 2. The van der Waals surface area contributed by atoms with Crippen molar-refractivity contribution in [3.05, 3.63) is 115 Å². The van der Waals surface area contributed by atoms with E-state index in [1.807, 2.05) is 79.5 Å². The number of aromatic nitrogens is 3. The van der Waals surface area contributed by atoms with Crippen LogP contribution in [0.2, 0.25) is 0 Å². The largest absolute Gasteiger partial charge is 0.500 e. The molecule has 0 amide bonds. The predicted octanol–water partition coefficient (Wildman–Crippen LogP) is 5.26. The molecule has 0 fully saturated rings. The summed E-state index contributed by atoms with van der Waals surface area (Å²) in [6.07, 6.45) is 10.5. The van der Waals surface area contributed by atoms with E-state index in [4.69, 9.17) is 14.7 Å². The summed E-state index contributed by atoms with van der Waals surface area (Å²) in [6.45, 7) is 9.34. The van der Waals surface area contributed by atoms with Crippen molar-refractivity contribution in [2.75, 3.05) is 18.2 Å². The van der Waals surface area contributed by atoms with Gasteiger partial charge < -0.3 is 9.47 Å². The van der Waals surface area contributed by atoms with Crippen LogP contribution in [0.3, 0.4) is 0 Å². The molecule has 33 heavy (non-hydrogen) atoms. The highest BCUT2D eigenvalue weighted by Gasteiger charge is 2.08. The summed E-state index contributed by atoms with van der Waals surface area (Å²) >= 11 is 0. The van der Waals surface area contributed by atoms with Crippen LogP contribution in [-0.2, 0) is 16.1 Å². The number of nitrogens with zero attached hydrogens (tertiary/aromatic N) is 5. The van der Waals surface area contributed by atoms with Gasteiger partial charge in [-0.15, -0.1) is 10.2 Å². The summed E-state index contributed by atoms with van der Waals surface area (Å²) in [4.78, 5) is 0. The van der Waals surface area contributed by atoms with Crippen LogP contribution in [0.1, 0.15) is 25.0 Å². The Balaban J connectivity index is 0.000000257. The Kier molecular flexibility index (Phi) is 11.1. The van der Waals surface area contributed by atoms with Gasteiger partial charge in [0.15, 0.2) is 0 Å². The molecule has 0 aliphatic rings. The number of anilines is 1. The van der Waals surface area contributed by atoms with Gasteiger partial charge in [-0.1, -0.05) is 49.1 Å². The van der Waals surface area contributed by atoms with Gasteiger partial charge in [0.2, 0.25) is 0 Å². The molecule has 7 nitrogen and oxygen atoms in total. The van der Waals surface area contributed by atoms with Crippen molar-refractivity contribution < 1.29 is 9.47 Å². The second-order valence-corrected chi connectivity index (χ2v) is 6.70. The lowest BCUT2D eigenvalue weighted by Crippen LogP contribution is -2.31. The first kappa shape index (κ1) is 25.0. The van der Waals surface area contributed by atoms with Crippen molar-refractivity contribution in [2.24, 2.45) is 0 Å². The first-order valence-electron chi connectivity index (χ1n) is 10.5. The number of allylic oxidation sites excluding steroid dienone is 3. The zero-order valence-electron chi connectivity index (χ0n) is 19.0. The molecule has 1 aromatic heterocycles. The maximum absolute atomic E-state index is 8.84. The summed E-state index contributed by atoms with van der Waals surface area (Å²) < 4.78 is 12.5. The van der Waals surface area contributed by atoms with E-state index in [0.29, 0.717) is 31.1 Å². The minimum atomic E-state index is 0.530. The fraction of sp³-hybridized carbons (Fsp3) is 0.192. The monoisotopic (exact) mass is 443 g/mol. The van der Waals surface area contributed by atoms with Gasteiger partial charge in [0.1, 0.15) is 31.6 Å². The third-order valence-electron chi connectivity index (χ3n) is 4.25. The third-order valence-corrected chi connectivity index (χ3v) is 4.25. The zero-order valence-corrected chi connectivity index (χ0v) is 19.0. The summed E-state index contributed by atoms with van der Waals surface area (Å²) in [5, 5.41) is 18.4. The number of rotatable bonds is 10. The molecular weight excluding hydrogens is 414 g/mol. The van der Waals surface area contributed by atoms with Crippen LogP contribution in [0.4, 0.5) is 5.69 Å². The van der Waals surface area contributed by atoms with E-state index in [2.05, 4.69) is 22.8 Å². The van der Waals surface area contributed by atoms with Crippen molar-refractivity contribution in [1.82, 2.24) is 14.9 Å². The van der Waals surface area contributed by atoms with Crippen LogP contribution in [0.5, 0.6) is 0 Å². The molecule has 0 radical (unpaired) electrons. The first-order chi connectivity index (χ1) is 16.2. The fourth-order valence-corrected chi connectivity index (χ4v) is 2.69. The molecular formula is C26H29N5O2. The topological polar surface area (TPSA) is 76.2 Å². The van der Waals surface area contributed by atoms with Gasteiger partial charge in [-0.25, -0.2) is 4.68 Å². The van der Waals surface area contributed by atoms with Crippen molar-refractivity contribution in [3.63, 3.8) is 0 Å². The third kappa shape index (κ3) is 9.15. The van der Waals surface area contributed by atoms with Crippen LogP contribution in [0, 0.1) is 11.3 Å². The predicted molar refractivity (Wildman–Crippen MR) is 130 cm³/mol. The van der Waals surface area contributed by atoms with Gasteiger partial charge in [0.25, 0.3) is 0 Å². The fourth-order valence-electron chi connectivity index (χ4n) is 2.69. The van der Waals surface area contributed by atoms with Crippen molar-refractivity contribution in [1.29, 1.82) is 5.26 Å². The standard InChI is InChI=1S/C14H15N5O.C12H14O/c1-2-8-20-9-7-19(18-11-16-17-12-18)14-5-3-13(10-15)4-6-14;1-3-7-11(2)13-10-12-8-5-4-6-9-12/h2-6,8,11-12H,7,9H2,1H3;3-9H,2,10H2,1H3/b8-2+;7-3-. The molecule has 0 saturated carbocycles. The molecule has 0 saturated heterocycles. The highest BCUT2D eigenvalue weighted by Crippen LogP contribution is 2.15. The Bertz CT molecular complexity index is 1040. The van der Waals surface area contributed by atoms with E-state index in [1.165, 1.54) is 0 Å². The molecule has 170 valence electrons. The van der Waals surface area contributed by atoms with Gasteiger partial charge in [-0.05, 0) is 49.8 Å². The van der Waals surface area contributed by atoms with Crippen LogP contribution in [0.25, 0.3) is 0 Å². The number of hydrogen-bond donors (Lipinski definition) is 0. The molecule has 0 aliphatic carbocycles. The van der Waals surface area contributed by atoms with Gasteiger partial charge in [-0.3, -0.25) is 5.01 Å². The molecule has 0 atom stereocenters. The van der Waals surface area contributed by atoms with Crippen molar-refractivity contribution in [2.45, 2.75) is 20.5 Å². The Labute approximate surface area is 195 Å². The van der Waals surface area contributed by atoms with E-state index in [-0.39, 0.29) is 0 Å². The molecule has 0 unspecified atom stereocenters. The quantitative estimate of drug-likeness (QED) is 0.242. The Morgan fingerprint density at radius 3 is 2.36 bits per heavy atom. The normalized spacial score (nSPS) is 10.3. The molecule has 0 N–H and O–H groups in total. The summed E-state index contributed by atoms with van der Waals surface area (Å²) in [5.41, 5.74) is 2.73. The average Bonchev–Trinajstić information content (AvgIpc) is 3.39. The smallest absolute Gasteiger partial charge is 0.139 e. The van der Waals surface area contributed by atoms with Crippen LogP contribution in [0.15, 0.2) is 104 Å². The Morgan fingerprint density at radius 1 is 1.06 bits per heavy atom. The maximum atomic E-state index is 8.84. The van der Waals surface area contributed by atoms with Crippen LogP contribution < -0.4 is 5.01 Å². The maximum Gasteiger partial charge on any atom is 0.139 e. The molecule has 2 aromatic carbocycles. The summed E-state index contributed by atoms with van der Waals surface area (Å²) in [7, 11) is 0. The molecule has 3 rings (SSSR count). The highest BCUT2D eigenvalue weighted by atomic mass is 16.5. The van der Waals surface area contributed by atoms with E-state index >= 15 is 0 Å². The molecule has 7 heteroatoms.